The molecule has 1 amide bonds. The Bertz CT molecular complexity index is 1440. The molecule has 1 fully saturated rings. The van der Waals surface area contributed by atoms with Gasteiger partial charge in [0.05, 0.1) is 23.5 Å². The fraction of sp³-hybridized carbons (Fsp3) is 0.435. The molecule has 4 rings (SSSR count). The molecule has 15 heteroatoms. The van der Waals surface area contributed by atoms with Crippen molar-refractivity contribution >= 4 is 57.8 Å². The first-order valence-electron chi connectivity index (χ1n) is 11.8. The molecule has 0 aliphatic carbocycles. The van der Waals surface area contributed by atoms with E-state index in [4.69, 9.17) is 39.4 Å². The molecular formula is C23H28Cl2FN9O3. The van der Waals surface area contributed by atoms with Crippen molar-refractivity contribution in [2.24, 2.45) is 0 Å². The molecule has 3 heterocycles. The third-order valence-electron chi connectivity index (χ3n) is 5.70. The number of nitrogens with one attached hydrogen (secondary N) is 1. The lowest BCUT2D eigenvalue weighted by Crippen LogP contribution is -2.56. The van der Waals surface area contributed by atoms with Crippen molar-refractivity contribution in [3.63, 3.8) is 0 Å². The average Bonchev–Trinajstić information content (AvgIpc) is 2.83. The Kier molecular flexibility index (Phi) is 7.70. The zero-order valence-electron chi connectivity index (χ0n) is 21.1. The van der Waals surface area contributed by atoms with Gasteiger partial charge in [-0.1, -0.05) is 23.2 Å². The SMILES string of the molecule is CC(C)(C)OC(=O)N1CCN(n2c(CCNc3nc(N)nc(N)c3Cl)nc3c(F)ccc(Cl)c3c2=O)CC1. The van der Waals surface area contributed by atoms with E-state index in [1.165, 1.54) is 10.7 Å². The number of hydrogen-bond donors (Lipinski definition) is 3. The van der Waals surface area contributed by atoms with Crippen LogP contribution in [-0.4, -0.2) is 68.9 Å². The van der Waals surface area contributed by atoms with E-state index in [-0.39, 0.29) is 57.3 Å². The second-order valence-electron chi connectivity index (χ2n) is 9.63. The highest BCUT2D eigenvalue weighted by Crippen LogP contribution is 2.26. The number of nitrogens with two attached hydrogens (primary N) is 2. The third kappa shape index (κ3) is 5.78. The molecule has 0 atom stereocenters. The Hall–Kier alpha value is -3.58. The van der Waals surface area contributed by atoms with Gasteiger partial charge in [0, 0.05) is 26.1 Å². The molecule has 0 radical (unpaired) electrons. The summed E-state index contributed by atoms with van der Waals surface area (Å²) >= 11 is 12.4. The van der Waals surface area contributed by atoms with Gasteiger partial charge in [-0.15, -0.1) is 0 Å². The number of carbonyl (C=O) groups excluding carboxylic acids is 1. The Morgan fingerprint density at radius 1 is 1.13 bits per heavy atom. The van der Waals surface area contributed by atoms with Gasteiger partial charge < -0.3 is 31.4 Å². The Morgan fingerprint density at radius 3 is 2.47 bits per heavy atom. The number of piperazine rings is 1. The van der Waals surface area contributed by atoms with Crippen LogP contribution >= 0.6 is 23.2 Å². The number of fused-ring (bicyclic) bond motifs is 1. The lowest BCUT2D eigenvalue weighted by molar-refractivity contribution is 0.0231. The zero-order chi connectivity index (χ0) is 27.8. The number of nitrogen functional groups attached to an aromatic ring is 2. The molecule has 0 bridgehead atoms. The van der Waals surface area contributed by atoms with Gasteiger partial charge in [-0.3, -0.25) is 4.79 Å². The van der Waals surface area contributed by atoms with E-state index in [0.29, 0.717) is 26.2 Å². The van der Waals surface area contributed by atoms with Crippen LogP contribution in [0.1, 0.15) is 26.6 Å². The minimum absolute atomic E-state index is 0.0157. The number of halogens is 3. The highest BCUT2D eigenvalue weighted by molar-refractivity contribution is 6.35. The Balaban J connectivity index is 1.63. The van der Waals surface area contributed by atoms with Gasteiger partial charge in [-0.25, -0.2) is 18.8 Å². The van der Waals surface area contributed by atoms with E-state index in [1.54, 1.807) is 30.7 Å². The van der Waals surface area contributed by atoms with E-state index >= 15 is 0 Å². The van der Waals surface area contributed by atoms with Gasteiger partial charge in [0.1, 0.15) is 33.6 Å². The normalized spacial score (nSPS) is 14.2. The molecule has 12 nitrogen and oxygen atoms in total. The molecule has 1 aliphatic rings. The van der Waals surface area contributed by atoms with Crippen molar-refractivity contribution in [2.75, 3.05) is 54.5 Å². The molecule has 1 aromatic carbocycles. The monoisotopic (exact) mass is 567 g/mol. The van der Waals surface area contributed by atoms with Gasteiger partial charge in [-0.2, -0.15) is 9.97 Å². The topological polar surface area (TPSA) is 158 Å². The number of benzene rings is 1. The summed E-state index contributed by atoms with van der Waals surface area (Å²) in [6, 6.07) is 2.48. The van der Waals surface area contributed by atoms with Crippen LogP contribution in [0, 0.1) is 5.82 Å². The minimum Gasteiger partial charge on any atom is -0.444 e. The number of nitrogens with zero attached hydrogens (tertiary/aromatic N) is 6. The van der Waals surface area contributed by atoms with E-state index in [2.05, 4.69) is 20.3 Å². The molecule has 2 aromatic heterocycles. The van der Waals surface area contributed by atoms with Crippen LogP contribution in [-0.2, 0) is 11.2 Å². The number of carbonyl (C=O) groups is 1. The fourth-order valence-corrected chi connectivity index (χ4v) is 4.39. The largest absolute Gasteiger partial charge is 0.444 e. The summed E-state index contributed by atoms with van der Waals surface area (Å²) in [5.74, 6) is -0.228. The Morgan fingerprint density at radius 2 is 1.82 bits per heavy atom. The molecule has 38 heavy (non-hydrogen) atoms. The van der Waals surface area contributed by atoms with Crippen LogP contribution in [0.5, 0.6) is 0 Å². The smallest absolute Gasteiger partial charge is 0.410 e. The summed E-state index contributed by atoms with van der Waals surface area (Å²) in [5.41, 5.74) is 10.1. The number of aromatic nitrogens is 4. The van der Waals surface area contributed by atoms with Crippen LogP contribution in [0.2, 0.25) is 10.0 Å². The summed E-state index contributed by atoms with van der Waals surface area (Å²) < 4.78 is 21.5. The fourth-order valence-electron chi connectivity index (χ4n) is 4.00. The van der Waals surface area contributed by atoms with E-state index in [0.717, 1.165) is 6.07 Å². The van der Waals surface area contributed by atoms with E-state index in [9.17, 15) is 14.0 Å². The van der Waals surface area contributed by atoms with Crippen LogP contribution in [0.3, 0.4) is 0 Å². The standard InChI is InChI=1S/C23H28Cl2FN9O3/c1-23(2,3)38-22(37)33-8-10-34(11-9-33)35-14(6-7-29-19-16(25)18(27)31-21(28)32-19)30-17-13(26)5-4-12(24)15(17)20(35)36/h4-5H,6-11H2,1-3H3,(H5,27,28,29,31,32). The molecule has 5 N–H and O–H groups in total. The molecular weight excluding hydrogens is 540 g/mol. The highest BCUT2D eigenvalue weighted by Gasteiger charge is 2.28. The van der Waals surface area contributed by atoms with Crippen molar-refractivity contribution in [3.8, 4) is 0 Å². The summed E-state index contributed by atoms with van der Waals surface area (Å²) in [5, 5.41) is 4.91. The van der Waals surface area contributed by atoms with Gasteiger partial charge in [0.15, 0.2) is 5.82 Å². The van der Waals surface area contributed by atoms with Crippen molar-refractivity contribution in [2.45, 2.75) is 32.8 Å². The van der Waals surface area contributed by atoms with Crippen molar-refractivity contribution in [1.82, 2.24) is 24.5 Å². The van der Waals surface area contributed by atoms with Gasteiger partial charge in [0.25, 0.3) is 5.56 Å². The quantitative estimate of drug-likeness (QED) is 0.418. The predicted octanol–water partition coefficient (Wildman–Crippen LogP) is 2.64. The summed E-state index contributed by atoms with van der Waals surface area (Å²) in [6.07, 6.45) is -0.264. The number of ether oxygens (including phenoxy) is 1. The average molecular weight is 568 g/mol. The summed E-state index contributed by atoms with van der Waals surface area (Å²) in [4.78, 5) is 40.0. The molecule has 3 aromatic rings. The lowest BCUT2D eigenvalue weighted by Gasteiger charge is -2.37. The maximum absolute atomic E-state index is 14.7. The predicted molar refractivity (Wildman–Crippen MR) is 145 cm³/mol. The number of hydrogen-bond acceptors (Lipinski definition) is 10. The number of amides is 1. The first-order valence-corrected chi connectivity index (χ1v) is 12.6. The lowest BCUT2D eigenvalue weighted by atomic mass is 10.2. The number of anilines is 3. The van der Waals surface area contributed by atoms with Crippen LogP contribution < -0.4 is 27.4 Å². The molecule has 0 saturated carbocycles. The first kappa shape index (κ1) is 27.5. The van der Waals surface area contributed by atoms with Crippen molar-refractivity contribution < 1.29 is 13.9 Å². The molecule has 0 spiro atoms. The van der Waals surface area contributed by atoms with Gasteiger partial charge in [-0.05, 0) is 32.9 Å². The second-order valence-corrected chi connectivity index (χ2v) is 10.4. The van der Waals surface area contributed by atoms with E-state index < -0.39 is 23.1 Å². The van der Waals surface area contributed by atoms with Crippen molar-refractivity contribution in [3.05, 3.63) is 44.2 Å². The van der Waals surface area contributed by atoms with E-state index in [1.807, 2.05) is 0 Å². The zero-order valence-corrected chi connectivity index (χ0v) is 22.6. The number of rotatable bonds is 5. The molecule has 1 saturated heterocycles. The molecule has 204 valence electrons. The summed E-state index contributed by atoms with van der Waals surface area (Å²) in [6.45, 7) is 6.82. The molecule has 0 unspecified atom stereocenters. The summed E-state index contributed by atoms with van der Waals surface area (Å²) in [7, 11) is 0. The second kappa shape index (κ2) is 10.7. The maximum atomic E-state index is 14.7. The Labute approximate surface area is 227 Å². The maximum Gasteiger partial charge on any atom is 0.410 e. The first-order chi connectivity index (χ1) is 17.9. The van der Waals surface area contributed by atoms with Crippen LogP contribution in [0.25, 0.3) is 10.9 Å². The van der Waals surface area contributed by atoms with Gasteiger partial charge >= 0.3 is 6.09 Å². The van der Waals surface area contributed by atoms with Crippen LogP contribution in [0.15, 0.2) is 16.9 Å². The minimum atomic E-state index is -0.669. The third-order valence-corrected chi connectivity index (χ3v) is 6.38. The van der Waals surface area contributed by atoms with Crippen LogP contribution in [0.4, 0.5) is 26.8 Å². The van der Waals surface area contributed by atoms with Gasteiger partial charge in [0.2, 0.25) is 5.95 Å². The molecule has 1 aliphatic heterocycles. The van der Waals surface area contributed by atoms with Crippen molar-refractivity contribution in [1.29, 1.82) is 0 Å². The highest BCUT2D eigenvalue weighted by atomic mass is 35.5.